The van der Waals surface area contributed by atoms with Gasteiger partial charge in [-0.05, 0) is 38.5 Å². The van der Waals surface area contributed by atoms with E-state index < -0.39 is 6.04 Å². The number of hydrogen-bond acceptors (Lipinski definition) is 4. The van der Waals surface area contributed by atoms with Crippen LogP contribution in [0, 0.1) is 13.8 Å². The lowest BCUT2D eigenvalue weighted by atomic mass is 10.2. The van der Waals surface area contributed by atoms with Crippen molar-refractivity contribution in [2.24, 2.45) is 0 Å². The molecule has 1 aromatic carbocycles. The molecule has 1 atom stereocenters. The molecule has 20 heavy (non-hydrogen) atoms. The van der Waals surface area contributed by atoms with E-state index in [2.05, 4.69) is 15.8 Å². The molecule has 0 saturated heterocycles. The molecule has 0 aliphatic heterocycles. The van der Waals surface area contributed by atoms with Crippen LogP contribution in [0.3, 0.4) is 0 Å². The van der Waals surface area contributed by atoms with Crippen molar-refractivity contribution in [1.29, 1.82) is 0 Å². The van der Waals surface area contributed by atoms with Gasteiger partial charge < -0.3 is 15.2 Å². The van der Waals surface area contributed by atoms with E-state index in [0.717, 1.165) is 11.3 Å². The van der Waals surface area contributed by atoms with Crippen LogP contribution in [0.5, 0.6) is 0 Å². The van der Waals surface area contributed by atoms with E-state index in [-0.39, 0.29) is 5.91 Å². The molecular weight excluding hydrogens is 278 g/mol. The second kappa shape index (κ2) is 5.96. The van der Waals surface area contributed by atoms with Crippen molar-refractivity contribution >= 4 is 29.0 Å². The normalized spacial score (nSPS) is 12.0. The Balaban J connectivity index is 1.98. The second-order valence-corrected chi connectivity index (χ2v) is 5.05. The highest BCUT2D eigenvalue weighted by Gasteiger charge is 2.14. The Hall–Kier alpha value is -2.01. The molecule has 0 aliphatic rings. The number of nitrogens with zero attached hydrogens (tertiary/aromatic N) is 1. The fraction of sp³-hybridized carbons (Fsp3) is 0.286. The molecule has 0 spiro atoms. The lowest BCUT2D eigenvalue weighted by Gasteiger charge is -2.14. The summed E-state index contributed by atoms with van der Waals surface area (Å²) in [6.07, 6.45) is 0. The number of carbonyl (C=O) groups is 1. The van der Waals surface area contributed by atoms with Gasteiger partial charge >= 0.3 is 0 Å². The number of amides is 1. The molecule has 2 N–H and O–H groups in total. The maximum absolute atomic E-state index is 12.0. The highest BCUT2D eigenvalue weighted by molar-refractivity contribution is 6.31. The van der Waals surface area contributed by atoms with E-state index in [0.29, 0.717) is 16.6 Å². The van der Waals surface area contributed by atoms with Crippen molar-refractivity contribution in [3.8, 4) is 0 Å². The molecule has 6 heteroatoms. The predicted molar refractivity (Wildman–Crippen MR) is 79.1 cm³/mol. The van der Waals surface area contributed by atoms with Crippen molar-refractivity contribution < 1.29 is 9.32 Å². The number of nitrogens with one attached hydrogen (secondary N) is 2. The topological polar surface area (TPSA) is 67.2 Å². The summed E-state index contributed by atoms with van der Waals surface area (Å²) in [5.41, 5.74) is 1.78. The van der Waals surface area contributed by atoms with E-state index in [9.17, 15) is 4.79 Å². The van der Waals surface area contributed by atoms with Crippen LogP contribution in [0.2, 0.25) is 5.02 Å². The third-order valence-electron chi connectivity index (χ3n) is 2.83. The first kappa shape index (κ1) is 14.4. The molecule has 1 aromatic heterocycles. The van der Waals surface area contributed by atoms with E-state index >= 15 is 0 Å². The average molecular weight is 294 g/mol. The van der Waals surface area contributed by atoms with Crippen molar-refractivity contribution in [1.82, 2.24) is 5.16 Å². The van der Waals surface area contributed by atoms with E-state index in [4.69, 9.17) is 16.1 Å². The smallest absolute Gasteiger partial charge is 0.247 e. The van der Waals surface area contributed by atoms with E-state index in [1.807, 2.05) is 19.1 Å². The summed E-state index contributed by atoms with van der Waals surface area (Å²) in [7, 11) is 0. The summed E-state index contributed by atoms with van der Waals surface area (Å²) in [6, 6.07) is 6.81. The zero-order valence-electron chi connectivity index (χ0n) is 11.5. The standard InChI is InChI=1S/C14H16ClN3O2/c1-8-4-5-11(7-12(8)15)16-10(3)14(19)17-13-6-9(2)20-18-13/h4-7,10,16H,1-3H3,(H,17,18,19). The fourth-order valence-corrected chi connectivity index (χ4v) is 1.84. The number of aryl methyl sites for hydroxylation is 2. The summed E-state index contributed by atoms with van der Waals surface area (Å²) in [4.78, 5) is 12.0. The average Bonchev–Trinajstić information content (AvgIpc) is 2.79. The van der Waals surface area contributed by atoms with Gasteiger partial charge in [0.05, 0.1) is 0 Å². The summed E-state index contributed by atoms with van der Waals surface area (Å²) >= 11 is 6.05. The second-order valence-electron chi connectivity index (χ2n) is 4.64. The van der Waals surface area contributed by atoms with Crippen LogP contribution in [-0.4, -0.2) is 17.1 Å². The molecule has 1 heterocycles. The molecule has 0 radical (unpaired) electrons. The molecule has 106 valence electrons. The lowest BCUT2D eigenvalue weighted by molar-refractivity contribution is -0.116. The molecule has 0 fully saturated rings. The Morgan fingerprint density at radius 1 is 1.35 bits per heavy atom. The third-order valence-corrected chi connectivity index (χ3v) is 3.23. The van der Waals surface area contributed by atoms with Crippen LogP contribution in [-0.2, 0) is 4.79 Å². The number of aromatic nitrogens is 1. The van der Waals surface area contributed by atoms with Crippen LogP contribution in [0.25, 0.3) is 0 Å². The van der Waals surface area contributed by atoms with E-state index in [1.54, 1.807) is 26.0 Å². The number of anilines is 2. The molecule has 2 rings (SSSR count). The summed E-state index contributed by atoms with van der Waals surface area (Å²) in [6.45, 7) is 5.45. The zero-order valence-corrected chi connectivity index (χ0v) is 12.3. The maximum Gasteiger partial charge on any atom is 0.247 e. The highest BCUT2D eigenvalue weighted by atomic mass is 35.5. The summed E-state index contributed by atoms with van der Waals surface area (Å²) < 4.78 is 4.89. The Morgan fingerprint density at radius 2 is 2.10 bits per heavy atom. The quantitative estimate of drug-likeness (QED) is 0.907. The minimum atomic E-state index is -0.425. The highest BCUT2D eigenvalue weighted by Crippen LogP contribution is 2.20. The number of rotatable bonds is 4. The molecule has 2 aromatic rings. The number of hydrogen-bond donors (Lipinski definition) is 2. The van der Waals surface area contributed by atoms with Crippen molar-refractivity contribution in [2.75, 3.05) is 10.6 Å². The summed E-state index contributed by atoms with van der Waals surface area (Å²) in [5.74, 6) is 0.851. The third kappa shape index (κ3) is 3.51. The Labute approximate surface area is 122 Å². The minimum Gasteiger partial charge on any atom is -0.374 e. The Bertz CT molecular complexity index is 625. The molecule has 1 amide bonds. The lowest BCUT2D eigenvalue weighted by Crippen LogP contribution is -2.31. The first-order chi connectivity index (χ1) is 9.45. The molecular formula is C14H16ClN3O2. The van der Waals surface area contributed by atoms with Gasteiger partial charge in [-0.1, -0.05) is 22.8 Å². The van der Waals surface area contributed by atoms with Gasteiger partial charge in [0.15, 0.2) is 5.82 Å². The van der Waals surface area contributed by atoms with Gasteiger partial charge in [0, 0.05) is 16.8 Å². The first-order valence-corrected chi connectivity index (χ1v) is 6.60. The molecule has 0 aliphatic carbocycles. The van der Waals surface area contributed by atoms with Crippen LogP contribution in [0.4, 0.5) is 11.5 Å². The Morgan fingerprint density at radius 3 is 2.70 bits per heavy atom. The van der Waals surface area contributed by atoms with Gasteiger partial charge in [-0.3, -0.25) is 4.79 Å². The van der Waals surface area contributed by atoms with Crippen LogP contribution in [0.1, 0.15) is 18.2 Å². The summed E-state index contributed by atoms with van der Waals surface area (Å²) in [5, 5.41) is 10.1. The van der Waals surface area contributed by atoms with Crippen molar-refractivity contribution in [3.63, 3.8) is 0 Å². The zero-order chi connectivity index (χ0) is 14.7. The molecule has 0 saturated carbocycles. The largest absolute Gasteiger partial charge is 0.374 e. The van der Waals surface area contributed by atoms with Crippen LogP contribution in [0.15, 0.2) is 28.8 Å². The van der Waals surface area contributed by atoms with Gasteiger partial charge in [-0.2, -0.15) is 0 Å². The molecule has 5 nitrogen and oxygen atoms in total. The van der Waals surface area contributed by atoms with Crippen LogP contribution >= 0.6 is 11.6 Å². The van der Waals surface area contributed by atoms with Gasteiger partial charge in [-0.15, -0.1) is 0 Å². The van der Waals surface area contributed by atoms with Gasteiger partial charge in [0.25, 0.3) is 0 Å². The predicted octanol–water partition coefficient (Wildman–Crippen LogP) is 3.38. The number of halogens is 1. The van der Waals surface area contributed by atoms with Crippen molar-refractivity contribution in [2.45, 2.75) is 26.8 Å². The van der Waals surface area contributed by atoms with Gasteiger partial charge in [0.1, 0.15) is 11.8 Å². The van der Waals surface area contributed by atoms with Crippen LogP contribution < -0.4 is 10.6 Å². The monoisotopic (exact) mass is 293 g/mol. The van der Waals surface area contributed by atoms with Gasteiger partial charge in [-0.25, -0.2) is 0 Å². The number of carbonyl (C=O) groups excluding carboxylic acids is 1. The maximum atomic E-state index is 12.0. The fourth-order valence-electron chi connectivity index (χ4n) is 1.66. The SMILES string of the molecule is Cc1cc(NC(=O)C(C)Nc2ccc(C)c(Cl)c2)no1. The molecule has 1 unspecified atom stereocenters. The van der Waals surface area contributed by atoms with E-state index in [1.165, 1.54) is 0 Å². The number of benzene rings is 1. The first-order valence-electron chi connectivity index (χ1n) is 6.22. The van der Waals surface area contributed by atoms with Crippen molar-refractivity contribution in [3.05, 3.63) is 40.6 Å². The molecule has 0 bridgehead atoms. The Kier molecular flexibility index (Phi) is 4.29. The van der Waals surface area contributed by atoms with Gasteiger partial charge in [0.2, 0.25) is 5.91 Å². The minimum absolute atomic E-state index is 0.199.